The van der Waals surface area contributed by atoms with Crippen molar-refractivity contribution in [1.82, 2.24) is 15.5 Å². The van der Waals surface area contributed by atoms with Gasteiger partial charge >= 0.3 is 0 Å². The summed E-state index contributed by atoms with van der Waals surface area (Å²) in [6.07, 6.45) is 1.54. The van der Waals surface area contributed by atoms with E-state index in [-0.39, 0.29) is 42.6 Å². The summed E-state index contributed by atoms with van der Waals surface area (Å²) < 4.78 is 33.3. The molecule has 0 aliphatic carbocycles. The van der Waals surface area contributed by atoms with E-state index in [1.54, 1.807) is 12.1 Å². The van der Waals surface area contributed by atoms with Crippen LogP contribution < -0.4 is 15.4 Å². The van der Waals surface area contributed by atoms with Gasteiger partial charge in [0.15, 0.2) is 0 Å². The van der Waals surface area contributed by atoms with Gasteiger partial charge in [-0.2, -0.15) is 0 Å². The molecule has 1 aliphatic heterocycles. The van der Waals surface area contributed by atoms with Gasteiger partial charge in [0.2, 0.25) is 5.91 Å². The predicted molar refractivity (Wildman–Crippen MR) is 132 cm³/mol. The van der Waals surface area contributed by atoms with Crippen LogP contribution in [0.4, 0.5) is 8.78 Å². The largest absolute Gasteiger partial charge is 0.491 e. The van der Waals surface area contributed by atoms with Crippen LogP contribution in [-0.4, -0.2) is 54.9 Å². The Hall–Kier alpha value is -3.20. The van der Waals surface area contributed by atoms with Crippen LogP contribution in [-0.2, 0) is 4.79 Å². The second-order valence-corrected chi connectivity index (χ2v) is 9.63. The third-order valence-electron chi connectivity index (χ3n) is 5.62. The molecule has 2 N–H and O–H groups in total. The summed E-state index contributed by atoms with van der Waals surface area (Å²) in [5.74, 6) is -2.61. The Morgan fingerprint density at radius 3 is 2.56 bits per heavy atom. The zero-order valence-electron chi connectivity index (χ0n) is 20.3. The molecule has 0 unspecified atom stereocenters. The summed E-state index contributed by atoms with van der Waals surface area (Å²) in [4.78, 5) is 40.0. The van der Waals surface area contributed by atoms with Crippen molar-refractivity contribution < 1.29 is 27.9 Å². The Morgan fingerprint density at radius 1 is 1.14 bits per heavy atom. The molecule has 10 heteroatoms. The number of hydrogen-bond donors (Lipinski definition) is 2. The Bertz CT molecular complexity index is 1090. The van der Waals surface area contributed by atoms with Crippen LogP contribution >= 0.6 is 11.6 Å². The smallest absolute Gasteiger partial charge is 0.255 e. The molecular formula is C26H30ClF2N3O4. The first-order valence-corrected chi connectivity index (χ1v) is 12.3. The first kappa shape index (κ1) is 27.4. The molecular weight excluding hydrogens is 492 g/mol. The summed E-state index contributed by atoms with van der Waals surface area (Å²) in [7, 11) is 0. The molecule has 2 aromatic carbocycles. The number of benzene rings is 2. The van der Waals surface area contributed by atoms with Gasteiger partial charge in [0, 0.05) is 29.7 Å². The van der Waals surface area contributed by atoms with Gasteiger partial charge in [0.25, 0.3) is 11.8 Å². The number of nitrogens with zero attached hydrogens (tertiary/aromatic N) is 1. The number of fused-ring (bicyclic) bond motifs is 1. The third kappa shape index (κ3) is 7.91. The summed E-state index contributed by atoms with van der Waals surface area (Å²) in [5, 5.41) is 6.10. The highest BCUT2D eigenvalue weighted by Crippen LogP contribution is 2.24. The highest BCUT2D eigenvalue weighted by Gasteiger charge is 2.23. The van der Waals surface area contributed by atoms with Crippen LogP contribution in [0.5, 0.6) is 5.75 Å². The van der Waals surface area contributed by atoms with Crippen LogP contribution in [0.15, 0.2) is 36.4 Å². The van der Waals surface area contributed by atoms with Crippen molar-refractivity contribution in [2.75, 3.05) is 26.2 Å². The van der Waals surface area contributed by atoms with Crippen LogP contribution in [0.25, 0.3) is 0 Å². The molecule has 0 saturated carbocycles. The minimum Gasteiger partial charge on any atom is -0.491 e. The summed E-state index contributed by atoms with van der Waals surface area (Å²) in [5.41, 5.74) is 0.109. The Morgan fingerprint density at radius 2 is 1.86 bits per heavy atom. The van der Waals surface area contributed by atoms with E-state index < -0.39 is 29.5 Å². The van der Waals surface area contributed by atoms with Gasteiger partial charge in [-0.25, -0.2) is 8.78 Å². The summed E-state index contributed by atoms with van der Waals surface area (Å²) >= 11 is 6.09. The number of amides is 3. The predicted octanol–water partition coefficient (Wildman–Crippen LogP) is 4.19. The van der Waals surface area contributed by atoms with Crippen molar-refractivity contribution in [1.29, 1.82) is 0 Å². The fraction of sp³-hybridized carbons (Fsp3) is 0.423. The average Bonchev–Trinajstić information content (AvgIpc) is 2.80. The number of rotatable bonds is 3. The van der Waals surface area contributed by atoms with Gasteiger partial charge in [0.05, 0.1) is 18.2 Å². The molecule has 0 radical (unpaired) electrons. The van der Waals surface area contributed by atoms with Gasteiger partial charge < -0.3 is 20.3 Å². The van der Waals surface area contributed by atoms with Crippen molar-refractivity contribution in [2.45, 2.75) is 39.2 Å². The second kappa shape index (κ2) is 12.7. The fourth-order valence-corrected chi connectivity index (χ4v) is 4.19. The minimum absolute atomic E-state index is 0.0921. The molecule has 0 bridgehead atoms. The molecule has 194 valence electrons. The molecule has 0 aromatic heterocycles. The van der Waals surface area contributed by atoms with Crippen LogP contribution in [0, 0.1) is 17.6 Å². The van der Waals surface area contributed by atoms with E-state index in [0.717, 1.165) is 12.1 Å². The van der Waals surface area contributed by atoms with Crippen LogP contribution in [0.3, 0.4) is 0 Å². The lowest BCUT2D eigenvalue weighted by molar-refractivity contribution is -0.122. The number of ether oxygens (including phenoxy) is 1. The molecule has 1 atom stereocenters. The van der Waals surface area contributed by atoms with E-state index in [9.17, 15) is 23.2 Å². The van der Waals surface area contributed by atoms with E-state index in [4.69, 9.17) is 16.3 Å². The molecule has 1 heterocycles. The normalized spacial score (nSPS) is 17.8. The van der Waals surface area contributed by atoms with E-state index in [1.807, 2.05) is 13.8 Å². The van der Waals surface area contributed by atoms with E-state index >= 15 is 0 Å². The van der Waals surface area contributed by atoms with Gasteiger partial charge in [-0.1, -0.05) is 25.4 Å². The molecule has 2 aromatic rings. The maximum Gasteiger partial charge on any atom is 0.255 e. The topological polar surface area (TPSA) is 87.7 Å². The molecule has 1 aliphatic rings. The SMILES string of the molecule is CC(C)C[C@H]1COc2ccc(Cl)cc2C(=O)NCCCCN(C(=O)c2cc(F)cc(F)c2)CC(=O)N1. The highest BCUT2D eigenvalue weighted by atomic mass is 35.5. The number of halogens is 3. The second-order valence-electron chi connectivity index (χ2n) is 9.19. The van der Waals surface area contributed by atoms with Gasteiger partial charge in [-0.3, -0.25) is 14.4 Å². The molecule has 7 nitrogen and oxygen atoms in total. The maximum atomic E-state index is 13.7. The Labute approximate surface area is 214 Å². The van der Waals surface area contributed by atoms with Crippen molar-refractivity contribution in [3.63, 3.8) is 0 Å². The lowest BCUT2D eigenvalue weighted by atomic mass is 10.0. The Balaban J connectivity index is 1.84. The first-order valence-electron chi connectivity index (χ1n) is 11.9. The fourth-order valence-electron chi connectivity index (χ4n) is 4.02. The molecule has 0 saturated heterocycles. The molecule has 3 amide bonds. The maximum absolute atomic E-state index is 13.7. The number of nitrogens with one attached hydrogen (secondary N) is 2. The van der Waals surface area contributed by atoms with Crippen molar-refractivity contribution in [2.24, 2.45) is 5.92 Å². The van der Waals surface area contributed by atoms with Gasteiger partial charge in [0.1, 0.15) is 24.0 Å². The quantitative estimate of drug-likeness (QED) is 0.634. The van der Waals surface area contributed by atoms with E-state index in [0.29, 0.717) is 42.6 Å². The lowest BCUT2D eigenvalue weighted by Gasteiger charge is -2.25. The number of hydrogen-bond acceptors (Lipinski definition) is 4. The number of carbonyl (C=O) groups is 3. The van der Waals surface area contributed by atoms with E-state index in [1.165, 1.54) is 11.0 Å². The number of carbonyl (C=O) groups excluding carboxylic acids is 3. The highest BCUT2D eigenvalue weighted by molar-refractivity contribution is 6.31. The standard InChI is InChI=1S/C26H30ClF2N3O4/c1-16(2)9-21-15-36-23-6-5-18(27)12-22(23)25(34)30-7-3-4-8-32(14-24(33)31-21)26(35)17-10-19(28)13-20(29)11-17/h5-6,10-13,16,21H,3-4,7-9,14-15H2,1-2H3,(H,30,34)(H,31,33)/t21-/m0/s1. The third-order valence-corrected chi connectivity index (χ3v) is 5.85. The monoisotopic (exact) mass is 521 g/mol. The van der Waals surface area contributed by atoms with E-state index in [2.05, 4.69) is 10.6 Å². The average molecular weight is 522 g/mol. The molecule has 0 spiro atoms. The first-order chi connectivity index (χ1) is 17.1. The van der Waals surface area contributed by atoms with Gasteiger partial charge in [-0.05, 0) is 55.5 Å². The summed E-state index contributed by atoms with van der Waals surface area (Å²) in [6.45, 7) is 4.27. The van der Waals surface area contributed by atoms with Crippen LogP contribution in [0.1, 0.15) is 53.8 Å². The zero-order chi connectivity index (χ0) is 26.2. The van der Waals surface area contributed by atoms with Crippen molar-refractivity contribution in [3.8, 4) is 5.75 Å². The van der Waals surface area contributed by atoms with Crippen molar-refractivity contribution >= 4 is 29.3 Å². The molecule has 0 fully saturated rings. The summed E-state index contributed by atoms with van der Waals surface area (Å²) in [6, 6.07) is 6.92. The minimum atomic E-state index is -0.877. The van der Waals surface area contributed by atoms with Crippen LogP contribution in [0.2, 0.25) is 5.02 Å². The van der Waals surface area contributed by atoms with Crippen molar-refractivity contribution in [3.05, 3.63) is 64.2 Å². The molecule has 36 heavy (non-hydrogen) atoms. The Kier molecular flexibility index (Phi) is 9.64. The zero-order valence-corrected chi connectivity index (χ0v) is 21.0. The molecule has 3 rings (SSSR count). The lowest BCUT2D eigenvalue weighted by Crippen LogP contribution is -2.46. The van der Waals surface area contributed by atoms with Gasteiger partial charge in [-0.15, -0.1) is 0 Å².